The molecule has 73 heavy (non-hydrogen) atoms. The van der Waals surface area contributed by atoms with Gasteiger partial charge in [-0.15, -0.1) is 0 Å². The number of esters is 3. The van der Waals surface area contributed by atoms with Crippen molar-refractivity contribution in [3.8, 4) is 0 Å². The van der Waals surface area contributed by atoms with E-state index in [4.69, 9.17) is 33.2 Å². The molecular weight excluding hydrogens is 929 g/mol. The van der Waals surface area contributed by atoms with Crippen molar-refractivity contribution in [2.24, 2.45) is 0 Å². The van der Waals surface area contributed by atoms with Crippen molar-refractivity contribution in [2.45, 2.75) is 307 Å². The standard InChI is InChI=1S/C60H110O13/c1-7-10-12-13-25-33-41-55(68-5)51(62)39-32-24-22-29-36-44-59(65)71-48-49(47-70-58(64)43-35-27-20-16-14-18-23-31-38-50(61)54(67-4)40-30-11-8-2)72-60(66)45-37-28-21-17-15-19-26-34-42-56(69-6)52(63)46-57-53(9-3)73-57/h23,26,31,34,49-57,61-63H,7-22,24-25,27-30,32-33,35-48H2,1-6H3. The van der Waals surface area contributed by atoms with E-state index in [9.17, 15) is 29.7 Å². The van der Waals surface area contributed by atoms with E-state index in [-0.39, 0.29) is 74.9 Å². The number of aliphatic hydroxyl groups is 3. The van der Waals surface area contributed by atoms with Gasteiger partial charge in [0.05, 0.1) is 48.8 Å². The second-order valence-electron chi connectivity index (χ2n) is 20.7. The highest BCUT2D eigenvalue weighted by atomic mass is 16.6. The first-order valence-corrected chi connectivity index (χ1v) is 29.6. The zero-order valence-corrected chi connectivity index (χ0v) is 47.3. The van der Waals surface area contributed by atoms with Gasteiger partial charge in [0.15, 0.2) is 6.10 Å². The maximum atomic E-state index is 12.9. The molecule has 0 aromatic rings. The summed E-state index contributed by atoms with van der Waals surface area (Å²) in [4.78, 5) is 38.4. The van der Waals surface area contributed by atoms with E-state index < -0.39 is 30.4 Å². The minimum absolute atomic E-state index is 0.116. The van der Waals surface area contributed by atoms with Crippen molar-refractivity contribution in [1.82, 2.24) is 0 Å². The van der Waals surface area contributed by atoms with Gasteiger partial charge in [0.25, 0.3) is 0 Å². The van der Waals surface area contributed by atoms with Crippen molar-refractivity contribution >= 4 is 17.9 Å². The molecule has 1 heterocycles. The van der Waals surface area contributed by atoms with Crippen LogP contribution in [-0.4, -0.2) is 123 Å². The minimum atomic E-state index is -0.875. The van der Waals surface area contributed by atoms with Crippen LogP contribution in [0.2, 0.25) is 0 Å². The summed E-state index contributed by atoms with van der Waals surface area (Å²) in [5.74, 6) is -1.13. The summed E-state index contributed by atoms with van der Waals surface area (Å²) in [5.41, 5.74) is 0. The number of hydrogen-bond acceptors (Lipinski definition) is 13. The van der Waals surface area contributed by atoms with Crippen LogP contribution in [0.5, 0.6) is 0 Å². The van der Waals surface area contributed by atoms with Gasteiger partial charge < -0.3 is 48.5 Å². The zero-order valence-electron chi connectivity index (χ0n) is 47.3. The molecular formula is C60H110O13. The Morgan fingerprint density at radius 3 is 1.38 bits per heavy atom. The highest BCUT2D eigenvalue weighted by molar-refractivity contribution is 5.71. The summed E-state index contributed by atoms with van der Waals surface area (Å²) < 4.78 is 39.0. The van der Waals surface area contributed by atoms with E-state index in [0.29, 0.717) is 44.9 Å². The lowest BCUT2D eigenvalue weighted by Crippen LogP contribution is -2.30. The molecule has 0 aliphatic carbocycles. The van der Waals surface area contributed by atoms with Crippen LogP contribution >= 0.6 is 0 Å². The predicted octanol–water partition coefficient (Wildman–Crippen LogP) is 13.1. The summed E-state index contributed by atoms with van der Waals surface area (Å²) in [5, 5.41) is 31.7. The maximum absolute atomic E-state index is 12.9. The number of unbranched alkanes of at least 4 members (excludes halogenated alkanes) is 21. The van der Waals surface area contributed by atoms with Gasteiger partial charge in [-0.25, -0.2) is 0 Å². The number of ether oxygens (including phenoxy) is 7. The third kappa shape index (κ3) is 38.8. The van der Waals surface area contributed by atoms with Crippen molar-refractivity contribution < 1.29 is 62.9 Å². The third-order valence-corrected chi connectivity index (χ3v) is 14.3. The van der Waals surface area contributed by atoms with Gasteiger partial charge in [-0.3, -0.25) is 14.4 Å². The Labute approximate surface area is 445 Å². The van der Waals surface area contributed by atoms with Crippen LogP contribution in [0.3, 0.4) is 0 Å². The van der Waals surface area contributed by atoms with Crippen molar-refractivity contribution in [2.75, 3.05) is 34.5 Å². The van der Waals surface area contributed by atoms with E-state index in [2.05, 4.69) is 45.1 Å². The second kappa shape index (κ2) is 48.0. The lowest BCUT2D eigenvalue weighted by molar-refractivity contribution is -0.167. The smallest absolute Gasteiger partial charge is 0.306 e. The van der Waals surface area contributed by atoms with Crippen LogP contribution in [0, 0.1) is 0 Å². The summed E-state index contributed by atoms with van der Waals surface area (Å²) in [6, 6.07) is 0. The topological polar surface area (TPSA) is 180 Å². The highest BCUT2D eigenvalue weighted by Crippen LogP contribution is 2.30. The fraction of sp³-hybridized carbons (Fsp3) is 0.883. The quantitative estimate of drug-likeness (QED) is 0.0172. The van der Waals surface area contributed by atoms with Gasteiger partial charge in [-0.1, -0.05) is 167 Å². The summed E-state index contributed by atoms with van der Waals surface area (Å²) >= 11 is 0. The molecule has 0 saturated carbocycles. The van der Waals surface area contributed by atoms with Crippen molar-refractivity contribution in [3.05, 3.63) is 24.3 Å². The summed E-state index contributed by atoms with van der Waals surface area (Å²) in [6.45, 7) is 6.15. The molecule has 0 amide bonds. The van der Waals surface area contributed by atoms with Crippen LogP contribution in [0.1, 0.15) is 252 Å². The monoisotopic (exact) mass is 1040 g/mol. The molecule has 0 radical (unpaired) electrons. The Kier molecular flexibility index (Phi) is 45.1. The third-order valence-electron chi connectivity index (χ3n) is 14.3. The molecule has 9 atom stereocenters. The lowest BCUT2D eigenvalue weighted by Gasteiger charge is -2.21. The lowest BCUT2D eigenvalue weighted by atomic mass is 9.99. The number of carbonyl (C=O) groups is 3. The van der Waals surface area contributed by atoms with Gasteiger partial charge in [0.2, 0.25) is 0 Å². The molecule has 9 unspecified atom stereocenters. The number of rotatable bonds is 53. The molecule has 13 nitrogen and oxygen atoms in total. The van der Waals surface area contributed by atoms with Gasteiger partial charge in [0, 0.05) is 47.0 Å². The van der Waals surface area contributed by atoms with E-state index in [0.717, 1.165) is 135 Å². The molecule has 1 rings (SSSR count). The van der Waals surface area contributed by atoms with Crippen LogP contribution in [0.4, 0.5) is 0 Å². The molecule has 0 spiro atoms. The predicted molar refractivity (Wildman–Crippen MR) is 292 cm³/mol. The summed E-state index contributed by atoms with van der Waals surface area (Å²) in [7, 11) is 4.99. The fourth-order valence-corrected chi connectivity index (χ4v) is 9.40. The molecule has 0 aromatic heterocycles. The Balaban J connectivity index is 2.43. The van der Waals surface area contributed by atoms with E-state index in [1.165, 1.54) is 32.1 Å². The Bertz CT molecular complexity index is 1360. The largest absolute Gasteiger partial charge is 0.462 e. The second-order valence-corrected chi connectivity index (χ2v) is 20.7. The van der Waals surface area contributed by atoms with Crippen LogP contribution in [0.25, 0.3) is 0 Å². The van der Waals surface area contributed by atoms with Crippen LogP contribution in [0.15, 0.2) is 24.3 Å². The molecule has 0 aromatic carbocycles. The molecule has 13 heteroatoms. The average molecular weight is 1040 g/mol. The molecule has 3 N–H and O–H groups in total. The Morgan fingerprint density at radius 1 is 0.452 bits per heavy atom. The minimum Gasteiger partial charge on any atom is -0.462 e. The number of methoxy groups -OCH3 is 3. The fourth-order valence-electron chi connectivity index (χ4n) is 9.40. The van der Waals surface area contributed by atoms with E-state index >= 15 is 0 Å². The molecule has 1 aliphatic heterocycles. The average Bonchev–Trinajstić information content (AvgIpc) is 4.15. The van der Waals surface area contributed by atoms with Gasteiger partial charge in [-0.05, 0) is 83.5 Å². The van der Waals surface area contributed by atoms with E-state index in [1.54, 1.807) is 21.3 Å². The molecule has 1 fully saturated rings. The molecule has 0 bridgehead atoms. The summed E-state index contributed by atoms with van der Waals surface area (Å²) in [6.07, 6.45) is 38.4. The molecule has 428 valence electrons. The number of epoxide rings is 1. The number of carbonyl (C=O) groups excluding carboxylic acids is 3. The number of aliphatic hydroxyl groups excluding tert-OH is 3. The van der Waals surface area contributed by atoms with Gasteiger partial charge in [-0.2, -0.15) is 0 Å². The molecule has 1 saturated heterocycles. The number of hydrogen-bond donors (Lipinski definition) is 3. The SMILES string of the molecule is CCCCCCCCC(OC)C(O)CCCCCCCC(=O)OCC(COC(=O)CCCCCCCC=CCC(O)C(CCCCC)OC)OC(=O)CCCCCCCC=CCC(OC)C(O)CC1OC1CC. The van der Waals surface area contributed by atoms with Crippen LogP contribution < -0.4 is 0 Å². The van der Waals surface area contributed by atoms with Gasteiger partial charge >= 0.3 is 17.9 Å². The first-order chi connectivity index (χ1) is 35.5. The zero-order chi connectivity index (χ0) is 53.6. The Hall–Kier alpha value is -2.39. The van der Waals surface area contributed by atoms with Crippen molar-refractivity contribution in [3.63, 3.8) is 0 Å². The maximum Gasteiger partial charge on any atom is 0.306 e. The highest BCUT2D eigenvalue weighted by Gasteiger charge is 2.39. The Morgan fingerprint density at radius 2 is 0.877 bits per heavy atom. The number of allylic oxidation sites excluding steroid dienone is 2. The van der Waals surface area contributed by atoms with Crippen molar-refractivity contribution in [1.29, 1.82) is 0 Å². The van der Waals surface area contributed by atoms with Gasteiger partial charge in [0.1, 0.15) is 13.2 Å². The van der Waals surface area contributed by atoms with Crippen LogP contribution in [-0.2, 0) is 47.5 Å². The first-order valence-electron chi connectivity index (χ1n) is 29.6. The van der Waals surface area contributed by atoms with E-state index in [1.807, 2.05) is 0 Å². The normalized spacial score (nSPS) is 17.6. The first kappa shape index (κ1) is 68.6. The molecule has 1 aliphatic rings.